The summed E-state index contributed by atoms with van der Waals surface area (Å²) in [6.07, 6.45) is 4.90. The first-order valence-corrected chi connectivity index (χ1v) is 13.1. The van der Waals surface area contributed by atoms with E-state index in [1.54, 1.807) is 0 Å². The quantitative estimate of drug-likeness (QED) is 0.539. The molecule has 0 spiro atoms. The molecular formula is C27H39N7O3. The Morgan fingerprint density at radius 2 is 1.86 bits per heavy atom. The number of hydrogen-bond acceptors (Lipinski definition) is 8. The van der Waals surface area contributed by atoms with Crippen molar-refractivity contribution in [1.29, 1.82) is 0 Å². The average molecular weight is 510 g/mol. The van der Waals surface area contributed by atoms with Gasteiger partial charge in [0.05, 0.1) is 12.2 Å². The zero-order valence-corrected chi connectivity index (χ0v) is 22.3. The fraction of sp³-hybridized carbons (Fsp3) is 0.556. The van der Waals surface area contributed by atoms with Crippen LogP contribution in [0.1, 0.15) is 68.4 Å². The molecule has 2 amide bonds. The molecule has 2 saturated heterocycles. The van der Waals surface area contributed by atoms with Crippen molar-refractivity contribution in [3.05, 3.63) is 41.7 Å². The molecule has 10 nitrogen and oxygen atoms in total. The van der Waals surface area contributed by atoms with E-state index < -0.39 is 17.6 Å². The van der Waals surface area contributed by atoms with Gasteiger partial charge in [-0.25, -0.2) is 14.8 Å². The Morgan fingerprint density at radius 1 is 1.16 bits per heavy atom. The number of rotatable bonds is 6. The molecule has 1 atom stereocenters. The van der Waals surface area contributed by atoms with Gasteiger partial charge in [-0.2, -0.15) is 0 Å². The van der Waals surface area contributed by atoms with Gasteiger partial charge in [-0.3, -0.25) is 9.69 Å². The molecule has 200 valence electrons. The molecule has 3 heterocycles. The minimum atomic E-state index is -0.701. The number of nitrogens with zero attached hydrogens (tertiary/aromatic N) is 4. The number of benzene rings is 1. The van der Waals surface area contributed by atoms with E-state index >= 15 is 0 Å². The molecule has 0 aliphatic carbocycles. The molecule has 4 rings (SSSR count). The maximum absolute atomic E-state index is 13.2. The summed E-state index contributed by atoms with van der Waals surface area (Å²) >= 11 is 0. The third-order valence-electron chi connectivity index (χ3n) is 6.83. The molecule has 10 heteroatoms. The van der Waals surface area contributed by atoms with Crippen molar-refractivity contribution in [3.8, 4) is 0 Å². The van der Waals surface area contributed by atoms with Crippen molar-refractivity contribution >= 4 is 29.3 Å². The highest BCUT2D eigenvalue weighted by Gasteiger charge is 2.32. The Labute approximate surface area is 219 Å². The van der Waals surface area contributed by atoms with Crippen molar-refractivity contribution < 1.29 is 14.3 Å². The first-order chi connectivity index (χ1) is 17.6. The van der Waals surface area contributed by atoms with E-state index in [-0.39, 0.29) is 17.6 Å². The van der Waals surface area contributed by atoms with Gasteiger partial charge in [-0.15, -0.1) is 0 Å². The normalized spacial score (nSPS) is 19.3. The number of anilines is 3. The van der Waals surface area contributed by atoms with Crippen molar-refractivity contribution in [2.24, 2.45) is 5.73 Å². The Bertz CT molecular complexity index is 1090. The van der Waals surface area contributed by atoms with E-state index in [1.807, 2.05) is 32.9 Å². The number of amides is 2. The fourth-order valence-corrected chi connectivity index (χ4v) is 4.88. The maximum atomic E-state index is 13.2. The van der Waals surface area contributed by atoms with Gasteiger partial charge in [-0.1, -0.05) is 12.1 Å². The molecule has 2 fully saturated rings. The van der Waals surface area contributed by atoms with Crippen LogP contribution in [-0.2, 0) is 4.74 Å². The maximum Gasteiger partial charge on any atom is 0.416 e. The standard InChI is InChI=1S/C27H39N7O3/c1-27(2,3)37-26(36)34(21-6-5-13-29-16-21)22-17-30-23(24(28)35)25(32-22)31-20-9-7-18(8-10-20)19-11-14-33(4)15-12-19/h7-10,17,19,21,29H,5-6,11-16H2,1-4H3,(H2,28,35)(H,31,32). The highest BCUT2D eigenvalue weighted by molar-refractivity contribution is 5.97. The average Bonchev–Trinajstić information content (AvgIpc) is 2.85. The van der Waals surface area contributed by atoms with Crippen LogP contribution < -0.4 is 21.3 Å². The second-order valence-electron chi connectivity index (χ2n) is 11.0. The molecule has 1 aromatic heterocycles. The van der Waals surface area contributed by atoms with Gasteiger partial charge in [0.1, 0.15) is 5.60 Å². The van der Waals surface area contributed by atoms with E-state index in [1.165, 1.54) is 16.7 Å². The second-order valence-corrected chi connectivity index (χ2v) is 11.0. The minimum Gasteiger partial charge on any atom is -0.443 e. The number of nitrogens with one attached hydrogen (secondary N) is 2. The molecule has 1 unspecified atom stereocenters. The Balaban J connectivity index is 1.61. The summed E-state index contributed by atoms with van der Waals surface area (Å²) in [5.74, 6) is 0.349. The van der Waals surface area contributed by atoms with Crippen LogP contribution in [0.5, 0.6) is 0 Å². The lowest BCUT2D eigenvalue weighted by atomic mass is 9.89. The molecule has 0 radical (unpaired) electrons. The number of ether oxygens (including phenoxy) is 1. The van der Waals surface area contributed by atoms with E-state index in [0.29, 0.717) is 18.3 Å². The van der Waals surface area contributed by atoms with Gasteiger partial charge in [0.25, 0.3) is 5.91 Å². The Morgan fingerprint density at radius 3 is 2.46 bits per heavy atom. The topological polar surface area (TPSA) is 126 Å². The van der Waals surface area contributed by atoms with Gasteiger partial charge in [0.2, 0.25) is 0 Å². The fourth-order valence-electron chi connectivity index (χ4n) is 4.88. The van der Waals surface area contributed by atoms with Crippen LogP contribution in [0.3, 0.4) is 0 Å². The van der Waals surface area contributed by atoms with Crippen molar-refractivity contribution in [1.82, 2.24) is 20.2 Å². The van der Waals surface area contributed by atoms with E-state index in [2.05, 4.69) is 44.7 Å². The largest absolute Gasteiger partial charge is 0.443 e. The van der Waals surface area contributed by atoms with Crippen LogP contribution in [-0.4, -0.2) is 71.7 Å². The molecule has 37 heavy (non-hydrogen) atoms. The second kappa shape index (κ2) is 11.4. The summed E-state index contributed by atoms with van der Waals surface area (Å²) in [6.45, 7) is 9.18. The predicted molar refractivity (Wildman–Crippen MR) is 144 cm³/mol. The number of likely N-dealkylation sites (tertiary alicyclic amines) is 1. The monoisotopic (exact) mass is 509 g/mol. The smallest absolute Gasteiger partial charge is 0.416 e. The van der Waals surface area contributed by atoms with Gasteiger partial charge in [0, 0.05) is 12.2 Å². The highest BCUT2D eigenvalue weighted by Crippen LogP contribution is 2.30. The third-order valence-corrected chi connectivity index (χ3v) is 6.83. The van der Waals surface area contributed by atoms with Crippen LogP contribution in [0.25, 0.3) is 0 Å². The summed E-state index contributed by atoms with van der Waals surface area (Å²) < 4.78 is 5.70. The summed E-state index contributed by atoms with van der Waals surface area (Å²) in [5.41, 5.74) is 7.01. The SMILES string of the molecule is CN1CCC(c2ccc(Nc3nc(N(C(=O)OC(C)(C)C)C4CCCNC4)cnc3C(N)=O)cc2)CC1. The molecule has 2 aromatic rings. The highest BCUT2D eigenvalue weighted by atomic mass is 16.6. The molecule has 0 bridgehead atoms. The number of hydrogen-bond donors (Lipinski definition) is 3. The lowest BCUT2D eigenvalue weighted by molar-refractivity contribution is 0.0559. The zero-order valence-electron chi connectivity index (χ0n) is 22.3. The first-order valence-electron chi connectivity index (χ1n) is 13.1. The van der Waals surface area contributed by atoms with Crippen molar-refractivity contribution in [2.45, 2.75) is 64.0 Å². The van der Waals surface area contributed by atoms with Gasteiger partial charge < -0.3 is 26.0 Å². The van der Waals surface area contributed by atoms with E-state index in [9.17, 15) is 9.59 Å². The molecular weight excluding hydrogens is 470 g/mol. The van der Waals surface area contributed by atoms with Gasteiger partial charge in [0.15, 0.2) is 17.3 Å². The molecule has 2 aliphatic heterocycles. The molecule has 4 N–H and O–H groups in total. The Hall–Kier alpha value is -3.24. The number of primary amides is 1. The summed E-state index contributed by atoms with van der Waals surface area (Å²) in [4.78, 5) is 38.2. The third kappa shape index (κ3) is 6.95. The summed E-state index contributed by atoms with van der Waals surface area (Å²) in [7, 11) is 2.16. The number of piperidine rings is 2. The van der Waals surface area contributed by atoms with Crippen molar-refractivity contribution in [3.63, 3.8) is 0 Å². The predicted octanol–water partition coefficient (Wildman–Crippen LogP) is 3.62. The Kier molecular flexibility index (Phi) is 8.29. The lowest BCUT2D eigenvalue weighted by Crippen LogP contribution is -2.51. The van der Waals surface area contributed by atoms with Gasteiger partial charge in [-0.05, 0) is 96.8 Å². The minimum absolute atomic E-state index is 0.00838. The number of nitrogens with two attached hydrogens (primary N) is 1. The van der Waals surface area contributed by atoms with Gasteiger partial charge >= 0.3 is 6.09 Å². The van der Waals surface area contributed by atoms with Crippen LogP contribution in [0.15, 0.2) is 30.5 Å². The first kappa shape index (κ1) is 26.8. The molecule has 2 aliphatic rings. The zero-order chi connectivity index (χ0) is 26.6. The number of aromatic nitrogens is 2. The van der Waals surface area contributed by atoms with E-state index in [4.69, 9.17) is 10.5 Å². The van der Waals surface area contributed by atoms with Crippen LogP contribution in [0.2, 0.25) is 0 Å². The van der Waals surface area contributed by atoms with Crippen LogP contribution in [0, 0.1) is 0 Å². The van der Waals surface area contributed by atoms with E-state index in [0.717, 1.165) is 51.0 Å². The van der Waals surface area contributed by atoms with Crippen LogP contribution in [0.4, 0.5) is 22.1 Å². The van der Waals surface area contributed by atoms with Crippen molar-refractivity contribution in [2.75, 3.05) is 43.4 Å². The molecule has 1 aromatic carbocycles. The molecule has 0 saturated carbocycles. The summed E-state index contributed by atoms with van der Waals surface area (Å²) in [6, 6.07) is 8.02. The lowest BCUT2D eigenvalue weighted by Gasteiger charge is -2.35. The number of carbonyl (C=O) groups is 2. The summed E-state index contributed by atoms with van der Waals surface area (Å²) in [5, 5.41) is 6.53. The number of carbonyl (C=O) groups excluding carboxylic acids is 2. The van der Waals surface area contributed by atoms with Crippen LogP contribution >= 0.6 is 0 Å².